The summed E-state index contributed by atoms with van der Waals surface area (Å²) in [6, 6.07) is 10.8. The lowest BCUT2D eigenvalue weighted by atomic mass is 10.1. The summed E-state index contributed by atoms with van der Waals surface area (Å²) in [6.45, 7) is 5.93. The number of thiazole rings is 1. The summed E-state index contributed by atoms with van der Waals surface area (Å²) in [7, 11) is 0. The van der Waals surface area contributed by atoms with Crippen molar-refractivity contribution in [3.8, 4) is 11.3 Å². The van der Waals surface area contributed by atoms with Gasteiger partial charge in [0.2, 0.25) is 0 Å². The first-order valence-corrected chi connectivity index (χ1v) is 9.46. The van der Waals surface area contributed by atoms with Gasteiger partial charge in [-0.2, -0.15) is 0 Å². The second-order valence-electron chi connectivity index (χ2n) is 6.34. The standard InChI is InChI=1S/C20H17ClFN3S/c1-11-7-8-16(22)14(9-11)18-19(25-13(3)10-26-20(25)24-18)23-17-12(2)5-4-6-15(17)21/h4-10,23H,1-3H3. The number of para-hydroxylation sites is 1. The van der Waals surface area contributed by atoms with Crippen LogP contribution in [0.5, 0.6) is 0 Å². The fraction of sp³-hybridized carbons (Fsp3) is 0.150. The Bertz CT molecular complexity index is 1110. The lowest BCUT2D eigenvalue weighted by molar-refractivity contribution is 0.630. The Morgan fingerprint density at radius 2 is 1.96 bits per heavy atom. The Morgan fingerprint density at radius 3 is 2.73 bits per heavy atom. The molecule has 0 radical (unpaired) electrons. The van der Waals surface area contributed by atoms with E-state index in [4.69, 9.17) is 16.6 Å². The average molecular weight is 386 g/mol. The van der Waals surface area contributed by atoms with Gasteiger partial charge in [-0.25, -0.2) is 9.37 Å². The van der Waals surface area contributed by atoms with Crippen LogP contribution in [0.1, 0.15) is 16.8 Å². The van der Waals surface area contributed by atoms with E-state index in [1.807, 2.05) is 54.8 Å². The van der Waals surface area contributed by atoms with Gasteiger partial charge < -0.3 is 5.32 Å². The van der Waals surface area contributed by atoms with Crippen LogP contribution >= 0.6 is 22.9 Å². The summed E-state index contributed by atoms with van der Waals surface area (Å²) in [5.74, 6) is 0.428. The zero-order valence-corrected chi connectivity index (χ0v) is 16.2. The highest BCUT2D eigenvalue weighted by Crippen LogP contribution is 2.38. The Kier molecular flexibility index (Phi) is 4.21. The van der Waals surface area contributed by atoms with Crippen LogP contribution < -0.4 is 5.32 Å². The molecule has 0 fully saturated rings. The maximum absolute atomic E-state index is 14.6. The second-order valence-corrected chi connectivity index (χ2v) is 7.59. The summed E-state index contributed by atoms with van der Waals surface area (Å²) in [6.07, 6.45) is 0. The van der Waals surface area contributed by atoms with Gasteiger partial charge >= 0.3 is 0 Å². The molecule has 3 nitrogen and oxygen atoms in total. The Balaban J connectivity index is 1.98. The SMILES string of the molecule is Cc1ccc(F)c(-c2nc3scc(C)n3c2Nc2c(C)cccc2Cl)c1. The molecule has 0 aliphatic rings. The van der Waals surface area contributed by atoms with Crippen LogP contribution in [-0.2, 0) is 0 Å². The molecule has 0 spiro atoms. The van der Waals surface area contributed by atoms with Crippen LogP contribution in [-0.4, -0.2) is 9.38 Å². The fourth-order valence-electron chi connectivity index (χ4n) is 3.03. The van der Waals surface area contributed by atoms with Crippen LogP contribution in [0.4, 0.5) is 15.9 Å². The molecule has 2 heterocycles. The summed E-state index contributed by atoms with van der Waals surface area (Å²) in [5, 5.41) is 6.06. The van der Waals surface area contributed by atoms with Gasteiger partial charge in [0.05, 0.1) is 10.7 Å². The third kappa shape index (κ3) is 2.77. The van der Waals surface area contributed by atoms with Gasteiger partial charge in [-0.3, -0.25) is 4.40 Å². The number of aryl methyl sites for hydroxylation is 3. The fourth-order valence-corrected chi connectivity index (χ4v) is 4.16. The van der Waals surface area contributed by atoms with Gasteiger partial charge in [-0.05, 0) is 44.5 Å². The van der Waals surface area contributed by atoms with Crippen molar-refractivity contribution in [1.29, 1.82) is 0 Å². The first kappa shape index (κ1) is 17.1. The van der Waals surface area contributed by atoms with E-state index in [0.717, 1.165) is 33.3 Å². The topological polar surface area (TPSA) is 29.3 Å². The molecule has 0 bridgehead atoms. The maximum atomic E-state index is 14.6. The molecular formula is C20H17ClFN3S. The number of halogens is 2. The summed E-state index contributed by atoms with van der Waals surface area (Å²) < 4.78 is 16.6. The quantitative estimate of drug-likeness (QED) is 0.434. The van der Waals surface area contributed by atoms with Crippen molar-refractivity contribution in [2.45, 2.75) is 20.8 Å². The molecule has 26 heavy (non-hydrogen) atoms. The van der Waals surface area contributed by atoms with Gasteiger partial charge in [0, 0.05) is 16.6 Å². The molecule has 0 atom stereocenters. The predicted molar refractivity (Wildman–Crippen MR) is 107 cm³/mol. The number of anilines is 2. The highest BCUT2D eigenvalue weighted by Gasteiger charge is 2.21. The zero-order valence-electron chi connectivity index (χ0n) is 14.6. The third-order valence-corrected chi connectivity index (χ3v) is 5.64. The summed E-state index contributed by atoms with van der Waals surface area (Å²) in [4.78, 5) is 5.51. The number of imidazole rings is 1. The Labute approximate surface area is 160 Å². The number of rotatable bonds is 3. The number of aromatic nitrogens is 2. The molecule has 2 aromatic heterocycles. The van der Waals surface area contributed by atoms with Crippen LogP contribution in [0.15, 0.2) is 41.8 Å². The molecule has 1 N–H and O–H groups in total. The molecular weight excluding hydrogens is 369 g/mol. The zero-order chi connectivity index (χ0) is 18.4. The first-order valence-electron chi connectivity index (χ1n) is 8.21. The lowest BCUT2D eigenvalue weighted by Gasteiger charge is -2.13. The summed E-state index contributed by atoms with van der Waals surface area (Å²) >= 11 is 7.93. The molecule has 0 saturated carbocycles. The number of benzene rings is 2. The van der Waals surface area contributed by atoms with Gasteiger partial charge in [0.15, 0.2) is 4.96 Å². The molecule has 0 amide bonds. The van der Waals surface area contributed by atoms with E-state index < -0.39 is 0 Å². The monoisotopic (exact) mass is 385 g/mol. The van der Waals surface area contributed by atoms with E-state index in [0.29, 0.717) is 16.3 Å². The van der Waals surface area contributed by atoms with E-state index in [2.05, 4.69) is 5.32 Å². The molecule has 0 unspecified atom stereocenters. The minimum atomic E-state index is -0.294. The second kappa shape index (κ2) is 6.41. The first-order chi connectivity index (χ1) is 12.5. The van der Waals surface area contributed by atoms with Crippen molar-refractivity contribution < 1.29 is 4.39 Å². The summed E-state index contributed by atoms with van der Waals surface area (Å²) in [5.41, 5.74) is 4.89. The average Bonchev–Trinajstić information content (AvgIpc) is 3.14. The van der Waals surface area contributed by atoms with Crippen molar-refractivity contribution in [1.82, 2.24) is 9.38 Å². The largest absolute Gasteiger partial charge is 0.338 e. The van der Waals surface area contributed by atoms with E-state index in [1.54, 1.807) is 6.07 Å². The molecule has 2 aromatic carbocycles. The van der Waals surface area contributed by atoms with Gasteiger partial charge in [-0.15, -0.1) is 11.3 Å². The minimum absolute atomic E-state index is 0.294. The van der Waals surface area contributed by atoms with Crippen molar-refractivity contribution >= 4 is 39.4 Å². The molecule has 0 aliphatic carbocycles. The van der Waals surface area contributed by atoms with E-state index in [-0.39, 0.29) is 5.82 Å². The van der Waals surface area contributed by atoms with Crippen molar-refractivity contribution in [2.75, 3.05) is 5.32 Å². The molecule has 0 saturated heterocycles. The normalized spacial score (nSPS) is 11.3. The Hall–Kier alpha value is -2.37. The minimum Gasteiger partial charge on any atom is -0.338 e. The van der Waals surface area contributed by atoms with Crippen molar-refractivity contribution in [2.24, 2.45) is 0 Å². The predicted octanol–water partition coefficient (Wildman–Crippen LogP) is 6.52. The maximum Gasteiger partial charge on any atom is 0.196 e. The molecule has 0 aliphatic heterocycles. The van der Waals surface area contributed by atoms with Crippen LogP contribution in [0.3, 0.4) is 0 Å². The van der Waals surface area contributed by atoms with Gasteiger partial charge in [0.25, 0.3) is 0 Å². The van der Waals surface area contributed by atoms with E-state index in [1.165, 1.54) is 17.4 Å². The number of hydrogen-bond donors (Lipinski definition) is 1. The third-order valence-electron chi connectivity index (χ3n) is 4.38. The number of nitrogens with zero attached hydrogens (tertiary/aromatic N) is 2. The van der Waals surface area contributed by atoms with Crippen molar-refractivity contribution in [3.05, 3.63) is 69.4 Å². The van der Waals surface area contributed by atoms with Crippen LogP contribution in [0, 0.1) is 26.6 Å². The number of fused-ring (bicyclic) bond motifs is 1. The van der Waals surface area contributed by atoms with E-state index in [9.17, 15) is 4.39 Å². The number of hydrogen-bond acceptors (Lipinski definition) is 3. The van der Waals surface area contributed by atoms with E-state index >= 15 is 0 Å². The van der Waals surface area contributed by atoms with Gasteiger partial charge in [-0.1, -0.05) is 35.4 Å². The molecule has 6 heteroatoms. The van der Waals surface area contributed by atoms with Gasteiger partial charge in [0.1, 0.15) is 17.3 Å². The Morgan fingerprint density at radius 1 is 1.15 bits per heavy atom. The van der Waals surface area contributed by atoms with Crippen LogP contribution in [0.2, 0.25) is 5.02 Å². The highest BCUT2D eigenvalue weighted by molar-refractivity contribution is 7.15. The lowest BCUT2D eigenvalue weighted by Crippen LogP contribution is -2.00. The molecule has 4 rings (SSSR count). The van der Waals surface area contributed by atoms with Crippen molar-refractivity contribution in [3.63, 3.8) is 0 Å². The molecule has 132 valence electrons. The smallest absolute Gasteiger partial charge is 0.196 e. The number of nitrogens with one attached hydrogen (secondary N) is 1. The molecule has 4 aromatic rings. The van der Waals surface area contributed by atoms with Crippen LogP contribution in [0.25, 0.3) is 16.2 Å². The highest BCUT2D eigenvalue weighted by atomic mass is 35.5.